The minimum absolute atomic E-state index is 0. The molecule has 0 radical (unpaired) electrons. The lowest BCUT2D eigenvalue weighted by Gasteiger charge is -2.31. The standard InChI is InChI=1S/C35H50N2O4S.C2H6.CH4/c1-25(2)14-12-13-17-29-20-21-30(23-33(29)36-26(3)4)35(39)27(5)22-31(28-15-8-6-9-16-28)24-34(38)37-42(40,41)32-18-10-7-11-19-32;1-2;/h7,10-11,13,17-21,23,25-28,31,36H,6,8-9,12,14-16,22,24H2,1-5H3,(H,37,38);1-2H3;1H4/b17-13+;;. The average molecular weight is 641 g/mol. The highest BCUT2D eigenvalue weighted by Crippen LogP contribution is 2.36. The number of amides is 1. The van der Waals surface area contributed by atoms with Crippen molar-refractivity contribution in [3.8, 4) is 0 Å². The van der Waals surface area contributed by atoms with Crippen LogP contribution in [0.3, 0.4) is 0 Å². The molecule has 2 aromatic carbocycles. The molecule has 2 aromatic rings. The molecular formula is C38H60N2O4S. The Labute approximate surface area is 274 Å². The van der Waals surface area contributed by atoms with Crippen LogP contribution in [0.4, 0.5) is 5.69 Å². The maximum absolute atomic E-state index is 13.7. The molecule has 2 unspecified atom stereocenters. The third-order valence-electron chi connectivity index (χ3n) is 8.16. The lowest BCUT2D eigenvalue weighted by molar-refractivity contribution is -0.120. The Bertz CT molecular complexity index is 1300. The Morgan fingerprint density at radius 3 is 2.18 bits per heavy atom. The van der Waals surface area contributed by atoms with Crippen molar-refractivity contribution in [2.75, 3.05) is 5.32 Å². The Morgan fingerprint density at radius 2 is 1.58 bits per heavy atom. The summed E-state index contributed by atoms with van der Waals surface area (Å²) in [4.78, 5) is 26.8. The van der Waals surface area contributed by atoms with Crippen LogP contribution in [0.5, 0.6) is 0 Å². The van der Waals surface area contributed by atoms with Gasteiger partial charge >= 0.3 is 0 Å². The molecule has 6 nitrogen and oxygen atoms in total. The normalized spacial score (nSPS) is 15.1. The molecular weight excluding hydrogens is 580 g/mol. The number of carbonyl (C=O) groups is 2. The van der Waals surface area contributed by atoms with Crippen LogP contribution in [0.2, 0.25) is 0 Å². The fraction of sp³-hybridized carbons (Fsp3) is 0.579. The van der Waals surface area contributed by atoms with Crippen LogP contribution in [-0.2, 0) is 14.8 Å². The molecule has 0 bridgehead atoms. The van der Waals surface area contributed by atoms with Gasteiger partial charge in [0.1, 0.15) is 0 Å². The number of allylic oxidation sites excluding steroid dienone is 1. The van der Waals surface area contributed by atoms with Crippen LogP contribution in [0.25, 0.3) is 6.08 Å². The van der Waals surface area contributed by atoms with Crippen molar-refractivity contribution < 1.29 is 18.0 Å². The van der Waals surface area contributed by atoms with Gasteiger partial charge in [-0.3, -0.25) is 9.59 Å². The number of benzene rings is 2. The summed E-state index contributed by atoms with van der Waals surface area (Å²) < 4.78 is 27.8. The predicted molar refractivity (Wildman–Crippen MR) is 191 cm³/mol. The molecule has 45 heavy (non-hydrogen) atoms. The van der Waals surface area contributed by atoms with Gasteiger partial charge in [0, 0.05) is 29.6 Å². The molecule has 1 amide bonds. The van der Waals surface area contributed by atoms with Gasteiger partial charge < -0.3 is 5.32 Å². The molecule has 1 saturated carbocycles. The van der Waals surface area contributed by atoms with E-state index >= 15 is 0 Å². The quantitative estimate of drug-likeness (QED) is 0.189. The van der Waals surface area contributed by atoms with Crippen molar-refractivity contribution in [3.63, 3.8) is 0 Å². The summed E-state index contributed by atoms with van der Waals surface area (Å²) in [5.41, 5.74) is 2.66. The second-order valence-corrected chi connectivity index (χ2v) is 14.4. The number of carbonyl (C=O) groups excluding carboxylic acids is 2. The van der Waals surface area contributed by atoms with Gasteiger partial charge in [-0.15, -0.1) is 0 Å². The third-order valence-corrected chi connectivity index (χ3v) is 9.55. The summed E-state index contributed by atoms with van der Waals surface area (Å²) in [6.45, 7) is 14.5. The number of Topliss-reactive ketones (excluding diaryl/α,β-unsaturated/α-hetero) is 1. The molecule has 0 aliphatic heterocycles. The second kappa shape index (κ2) is 20.2. The van der Waals surface area contributed by atoms with E-state index in [0.29, 0.717) is 23.8 Å². The molecule has 0 spiro atoms. The Balaban J connectivity index is 0.00000331. The zero-order chi connectivity index (χ0) is 32.7. The van der Waals surface area contributed by atoms with Crippen molar-refractivity contribution in [1.29, 1.82) is 0 Å². The molecule has 1 fully saturated rings. The summed E-state index contributed by atoms with van der Waals surface area (Å²) in [6.07, 6.45) is 12.5. The highest BCUT2D eigenvalue weighted by atomic mass is 32.2. The van der Waals surface area contributed by atoms with Crippen LogP contribution in [0, 0.1) is 23.7 Å². The Morgan fingerprint density at radius 1 is 0.933 bits per heavy atom. The molecule has 0 aromatic heterocycles. The lowest BCUT2D eigenvalue weighted by atomic mass is 9.74. The number of nitrogens with one attached hydrogen (secondary N) is 2. The molecule has 1 aliphatic carbocycles. The van der Waals surface area contributed by atoms with Gasteiger partial charge in [0.25, 0.3) is 10.0 Å². The van der Waals surface area contributed by atoms with E-state index < -0.39 is 15.9 Å². The monoisotopic (exact) mass is 640 g/mol. The van der Waals surface area contributed by atoms with Gasteiger partial charge in [-0.25, -0.2) is 13.1 Å². The predicted octanol–water partition coefficient (Wildman–Crippen LogP) is 9.92. The fourth-order valence-corrected chi connectivity index (χ4v) is 6.93. The molecule has 1 aliphatic rings. The van der Waals surface area contributed by atoms with Crippen LogP contribution < -0.4 is 10.0 Å². The van der Waals surface area contributed by atoms with Gasteiger partial charge in [-0.2, -0.15) is 0 Å². The Kier molecular flexibility index (Phi) is 18.0. The molecule has 252 valence electrons. The first kappa shape index (κ1) is 40.1. The number of sulfonamides is 1. The van der Waals surface area contributed by atoms with Crippen molar-refractivity contribution >= 4 is 33.5 Å². The highest BCUT2D eigenvalue weighted by Gasteiger charge is 2.31. The Hall–Kier alpha value is -2.93. The van der Waals surface area contributed by atoms with Gasteiger partial charge in [0.2, 0.25) is 5.91 Å². The first-order valence-electron chi connectivity index (χ1n) is 16.7. The van der Waals surface area contributed by atoms with Gasteiger partial charge in [-0.05, 0) is 74.6 Å². The highest BCUT2D eigenvalue weighted by molar-refractivity contribution is 7.90. The SMILES string of the molecule is C.CC.CC(C)CC/C=C/c1ccc(C(=O)C(C)CC(CC(=O)NS(=O)(=O)c2ccccc2)C2CCCCC2)cc1NC(C)C. The van der Waals surface area contributed by atoms with Crippen LogP contribution >= 0.6 is 0 Å². The fourth-order valence-electron chi connectivity index (χ4n) is 5.91. The first-order chi connectivity index (χ1) is 21.0. The second-order valence-electron chi connectivity index (χ2n) is 12.7. The van der Waals surface area contributed by atoms with E-state index in [1.165, 1.54) is 18.6 Å². The van der Waals surface area contributed by atoms with Crippen LogP contribution in [0.1, 0.15) is 130 Å². The maximum Gasteiger partial charge on any atom is 0.264 e. The van der Waals surface area contributed by atoms with Crippen molar-refractivity contribution in [3.05, 3.63) is 65.7 Å². The number of hydrogen-bond acceptors (Lipinski definition) is 5. The van der Waals surface area contributed by atoms with Crippen molar-refractivity contribution in [1.82, 2.24) is 4.72 Å². The van der Waals surface area contributed by atoms with E-state index in [-0.39, 0.29) is 42.4 Å². The number of hydrogen-bond donors (Lipinski definition) is 2. The number of rotatable bonds is 15. The molecule has 2 atom stereocenters. The molecule has 2 N–H and O–H groups in total. The molecule has 0 heterocycles. The summed E-state index contributed by atoms with van der Waals surface area (Å²) in [5, 5.41) is 3.50. The number of anilines is 1. The smallest absolute Gasteiger partial charge is 0.264 e. The summed E-state index contributed by atoms with van der Waals surface area (Å²) in [5.74, 6) is 0.139. The number of ketones is 1. The summed E-state index contributed by atoms with van der Waals surface area (Å²) in [6, 6.07) is 14.0. The third kappa shape index (κ3) is 13.5. The maximum atomic E-state index is 13.7. The topological polar surface area (TPSA) is 92.3 Å². The van der Waals surface area contributed by atoms with Gasteiger partial charge in [0.05, 0.1) is 4.90 Å². The van der Waals surface area contributed by atoms with Gasteiger partial charge in [0.15, 0.2) is 5.78 Å². The van der Waals surface area contributed by atoms with E-state index in [2.05, 4.69) is 49.9 Å². The molecule has 3 rings (SSSR count). The first-order valence-corrected chi connectivity index (χ1v) is 18.2. The van der Waals surface area contributed by atoms with E-state index in [4.69, 9.17) is 0 Å². The lowest BCUT2D eigenvalue weighted by Crippen LogP contribution is -2.34. The zero-order valence-electron chi connectivity index (χ0n) is 28.1. The minimum atomic E-state index is -3.93. The van der Waals surface area contributed by atoms with E-state index in [1.54, 1.807) is 18.2 Å². The van der Waals surface area contributed by atoms with Crippen molar-refractivity contribution in [2.24, 2.45) is 23.7 Å². The molecule has 7 heteroatoms. The summed E-state index contributed by atoms with van der Waals surface area (Å²) in [7, 11) is -3.93. The van der Waals surface area contributed by atoms with E-state index in [0.717, 1.165) is 49.8 Å². The minimum Gasteiger partial charge on any atom is -0.382 e. The van der Waals surface area contributed by atoms with Crippen LogP contribution in [-0.4, -0.2) is 26.2 Å². The largest absolute Gasteiger partial charge is 0.382 e. The zero-order valence-corrected chi connectivity index (χ0v) is 28.9. The van der Waals surface area contributed by atoms with E-state index in [9.17, 15) is 18.0 Å². The molecule has 0 saturated heterocycles. The van der Waals surface area contributed by atoms with Crippen LogP contribution in [0.15, 0.2) is 59.5 Å². The summed E-state index contributed by atoms with van der Waals surface area (Å²) >= 11 is 0. The van der Waals surface area contributed by atoms with Crippen molar-refractivity contribution in [2.45, 2.75) is 125 Å². The average Bonchev–Trinajstić information content (AvgIpc) is 3.00. The van der Waals surface area contributed by atoms with E-state index in [1.807, 2.05) is 39.0 Å². The van der Waals surface area contributed by atoms with Gasteiger partial charge in [-0.1, -0.05) is 117 Å².